The van der Waals surface area contributed by atoms with Crippen molar-refractivity contribution in [2.45, 2.75) is 32.7 Å². The van der Waals surface area contributed by atoms with Gasteiger partial charge in [0, 0.05) is 37.0 Å². The third-order valence-electron chi connectivity index (χ3n) is 3.00. The molecule has 1 aliphatic heterocycles. The molecule has 1 unspecified atom stereocenters. The van der Waals surface area contributed by atoms with Crippen molar-refractivity contribution in [3.63, 3.8) is 0 Å². The number of halogens is 2. The molecule has 1 amide bonds. The highest BCUT2D eigenvalue weighted by atomic mass is 35.5. The van der Waals surface area contributed by atoms with Crippen molar-refractivity contribution in [3.8, 4) is 0 Å². The number of carbonyl (C=O) groups excluding carboxylic acids is 1. The van der Waals surface area contributed by atoms with E-state index < -0.39 is 0 Å². The van der Waals surface area contributed by atoms with E-state index in [1.54, 1.807) is 11.3 Å². The molecule has 2 heterocycles. The van der Waals surface area contributed by atoms with Crippen LogP contribution in [0.15, 0.2) is 5.38 Å². The molecule has 1 aromatic heterocycles. The van der Waals surface area contributed by atoms with Gasteiger partial charge in [-0.2, -0.15) is 0 Å². The maximum atomic E-state index is 12.3. The highest BCUT2D eigenvalue weighted by Gasteiger charge is 2.25. The number of piperazine rings is 1. The highest BCUT2D eigenvalue weighted by molar-refractivity contribution is 7.09. The van der Waals surface area contributed by atoms with Crippen LogP contribution in [-0.2, 0) is 0 Å². The number of rotatable bonds is 2. The van der Waals surface area contributed by atoms with E-state index in [0.29, 0.717) is 11.6 Å². The Morgan fingerprint density at radius 3 is 2.74 bits per heavy atom. The van der Waals surface area contributed by atoms with Crippen molar-refractivity contribution >= 4 is 42.1 Å². The number of nitrogens with zero attached hydrogens (tertiary/aromatic N) is 2. The van der Waals surface area contributed by atoms with Gasteiger partial charge >= 0.3 is 0 Å². The second kappa shape index (κ2) is 8.04. The van der Waals surface area contributed by atoms with Gasteiger partial charge in [-0.25, -0.2) is 4.98 Å². The Balaban J connectivity index is 0.00000162. The number of nitrogens with one attached hydrogen (secondary N) is 1. The molecule has 19 heavy (non-hydrogen) atoms. The third kappa shape index (κ3) is 4.31. The molecular formula is C12H21Cl2N3OS. The topological polar surface area (TPSA) is 45.2 Å². The Labute approximate surface area is 130 Å². The summed E-state index contributed by atoms with van der Waals surface area (Å²) in [7, 11) is 0. The summed E-state index contributed by atoms with van der Waals surface area (Å²) in [5, 5.41) is 6.20. The predicted octanol–water partition coefficient (Wildman–Crippen LogP) is 2.54. The van der Waals surface area contributed by atoms with Crippen molar-refractivity contribution in [2.75, 3.05) is 19.6 Å². The molecule has 0 spiro atoms. The number of carbonyl (C=O) groups is 1. The van der Waals surface area contributed by atoms with Crippen LogP contribution in [0.25, 0.3) is 0 Å². The first-order valence-electron chi connectivity index (χ1n) is 6.06. The molecule has 1 atom stereocenters. The van der Waals surface area contributed by atoms with E-state index >= 15 is 0 Å². The van der Waals surface area contributed by atoms with Gasteiger partial charge in [0.25, 0.3) is 5.91 Å². The minimum atomic E-state index is 0. The predicted molar refractivity (Wildman–Crippen MR) is 84.1 cm³/mol. The smallest absolute Gasteiger partial charge is 0.273 e. The summed E-state index contributed by atoms with van der Waals surface area (Å²) in [6.45, 7) is 8.78. The van der Waals surface area contributed by atoms with Crippen LogP contribution in [-0.4, -0.2) is 41.5 Å². The lowest BCUT2D eigenvalue weighted by atomic mass is 10.2. The zero-order chi connectivity index (χ0) is 12.4. The van der Waals surface area contributed by atoms with E-state index in [1.165, 1.54) is 0 Å². The molecule has 1 aliphatic rings. The third-order valence-corrected chi connectivity index (χ3v) is 4.14. The van der Waals surface area contributed by atoms with Gasteiger partial charge < -0.3 is 10.2 Å². The second-order valence-electron chi connectivity index (χ2n) is 4.78. The summed E-state index contributed by atoms with van der Waals surface area (Å²) >= 11 is 1.58. The Morgan fingerprint density at radius 2 is 2.21 bits per heavy atom. The highest BCUT2D eigenvalue weighted by Crippen LogP contribution is 2.20. The lowest BCUT2D eigenvalue weighted by molar-refractivity contribution is 0.0650. The minimum Gasteiger partial charge on any atom is -0.332 e. The Bertz CT molecular complexity index is 411. The molecule has 7 heteroatoms. The maximum Gasteiger partial charge on any atom is 0.273 e. The first-order chi connectivity index (χ1) is 8.09. The Kier molecular flexibility index (Phi) is 7.89. The van der Waals surface area contributed by atoms with Gasteiger partial charge in [0.15, 0.2) is 0 Å². The van der Waals surface area contributed by atoms with E-state index in [4.69, 9.17) is 0 Å². The monoisotopic (exact) mass is 325 g/mol. The van der Waals surface area contributed by atoms with Gasteiger partial charge in [0.1, 0.15) is 5.69 Å². The van der Waals surface area contributed by atoms with Crippen molar-refractivity contribution in [2.24, 2.45) is 0 Å². The van der Waals surface area contributed by atoms with E-state index in [2.05, 4.69) is 31.1 Å². The first-order valence-corrected chi connectivity index (χ1v) is 6.94. The summed E-state index contributed by atoms with van der Waals surface area (Å²) in [6.07, 6.45) is 0. The van der Waals surface area contributed by atoms with Crippen molar-refractivity contribution in [1.82, 2.24) is 15.2 Å². The lowest BCUT2D eigenvalue weighted by Gasteiger charge is -2.33. The van der Waals surface area contributed by atoms with E-state index in [9.17, 15) is 4.79 Å². The summed E-state index contributed by atoms with van der Waals surface area (Å²) in [5.74, 6) is 0.462. The van der Waals surface area contributed by atoms with Gasteiger partial charge in [-0.3, -0.25) is 4.79 Å². The standard InChI is InChI=1S/C12H19N3OS.2ClH/c1-8(2)11-14-10(7-17-11)12(16)15-5-4-13-6-9(15)3;;/h7-9,13H,4-6H2,1-3H3;2*1H. The molecule has 1 fully saturated rings. The number of hydrogen-bond acceptors (Lipinski definition) is 4. The van der Waals surface area contributed by atoms with Crippen molar-refractivity contribution < 1.29 is 4.79 Å². The molecule has 1 N–H and O–H groups in total. The number of aromatic nitrogens is 1. The van der Waals surface area contributed by atoms with Gasteiger partial charge in [-0.1, -0.05) is 13.8 Å². The molecule has 4 nitrogen and oxygen atoms in total. The summed E-state index contributed by atoms with van der Waals surface area (Å²) < 4.78 is 0. The van der Waals surface area contributed by atoms with Gasteiger partial charge in [-0.05, 0) is 6.92 Å². The van der Waals surface area contributed by atoms with E-state index in [1.807, 2.05) is 10.3 Å². The molecule has 2 rings (SSSR count). The van der Waals surface area contributed by atoms with Crippen LogP contribution >= 0.6 is 36.2 Å². The molecule has 0 radical (unpaired) electrons. The fraction of sp³-hybridized carbons (Fsp3) is 0.667. The van der Waals surface area contributed by atoms with E-state index in [-0.39, 0.29) is 36.8 Å². The zero-order valence-electron chi connectivity index (χ0n) is 11.4. The molecular weight excluding hydrogens is 305 g/mol. The molecule has 0 aliphatic carbocycles. The average molecular weight is 326 g/mol. The molecule has 1 aromatic rings. The molecule has 0 saturated carbocycles. The number of hydrogen-bond donors (Lipinski definition) is 1. The van der Waals surface area contributed by atoms with Crippen LogP contribution in [0.3, 0.4) is 0 Å². The van der Waals surface area contributed by atoms with Crippen LogP contribution in [0.2, 0.25) is 0 Å². The first kappa shape index (κ1) is 18.6. The zero-order valence-corrected chi connectivity index (χ0v) is 13.8. The van der Waals surface area contributed by atoms with Crippen LogP contribution in [0, 0.1) is 0 Å². The van der Waals surface area contributed by atoms with Crippen molar-refractivity contribution in [3.05, 3.63) is 16.1 Å². The average Bonchev–Trinajstić information content (AvgIpc) is 2.78. The number of amides is 1. The van der Waals surface area contributed by atoms with Crippen LogP contribution in [0.5, 0.6) is 0 Å². The van der Waals surface area contributed by atoms with Gasteiger partial charge in [0.2, 0.25) is 0 Å². The molecule has 0 aromatic carbocycles. The second-order valence-corrected chi connectivity index (χ2v) is 5.67. The normalized spacial score (nSPS) is 18.7. The molecule has 1 saturated heterocycles. The summed E-state index contributed by atoms with van der Waals surface area (Å²) in [4.78, 5) is 18.6. The molecule has 110 valence electrons. The Hall–Kier alpha value is -0.360. The largest absolute Gasteiger partial charge is 0.332 e. The number of thiazole rings is 1. The summed E-state index contributed by atoms with van der Waals surface area (Å²) in [5.41, 5.74) is 0.604. The maximum absolute atomic E-state index is 12.3. The molecule has 0 bridgehead atoms. The fourth-order valence-corrected chi connectivity index (χ4v) is 2.75. The summed E-state index contributed by atoms with van der Waals surface area (Å²) in [6, 6.07) is 0.250. The van der Waals surface area contributed by atoms with Crippen molar-refractivity contribution in [1.29, 1.82) is 0 Å². The Morgan fingerprint density at radius 1 is 1.53 bits per heavy atom. The van der Waals surface area contributed by atoms with Gasteiger partial charge in [0.05, 0.1) is 5.01 Å². The lowest BCUT2D eigenvalue weighted by Crippen LogP contribution is -2.52. The van der Waals surface area contributed by atoms with Gasteiger partial charge in [-0.15, -0.1) is 36.2 Å². The quantitative estimate of drug-likeness (QED) is 0.908. The minimum absolute atomic E-state index is 0. The van der Waals surface area contributed by atoms with Crippen LogP contribution < -0.4 is 5.32 Å². The fourth-order valence-electron chi connectivity index (χ4n) is 1.94. The van der Waals surface area contributed by atoms with Crippen LogP contribution in [0.1, 0.15) is 42.2 Å². The van der Waals surface area contributed by atoms with E-state index in [0.717, 1.165) is 24.6 Å². The SMILES string of the molecule is CC(C)c1nc(C(=O)N2CCNCC2C)cs1.Cl.Cl. The van der Waals surface area contributed by atoms with Crippen LogP contribution in [0.4, 0.5) is 0 Å².